The number of ether oxygens (including phenoxy) is 1. The molecule has 0 unspecified atom stereocenters. The second-order valence-corrected chi connectivity index (χ2v) is 4.76. The van der Waals surface area contributed by atoms with Crippen LogP contribution in [-0.2, 0) is 11.3 Å². The molecule has 3 aromatic carbocycles. The lowest BCUT2D eigenvalue weighted by Crippen LogP contribution is -2.05. The molecule has 0 radical (unpaired) electrons. The standard InChI is InChI=1S/C18H14O3/c19-16-10-8-14(9-11-16)18(20)21-12-15-6-3-5-13-4-1-2-7-17(13)15/h1-11,19H,12H2. The van der Waals surface area contributed by atoms with Crippen molar-refractivity contribution in [3.63, 3.8) is 0 Å². The quantitative estimate of drug-likeness (QED) is 0.739. The molecule has 3 aromatic rings. The number of hydrogen-bond donors (Lipinski definition) is 1. The van der Waals surface area contributed by atoms with Gasteiger partial charge in [0.15, 0.2) is 0 Å². The van der Waals surface area contributed by atoms with Crippen LogP contribution in [0.2, 0.25) is 0 Å². The van der Waals surface area contributed by atoms with E-state index in [-0.39, 0.29) is 12.4 Å². The molecule has 1 N–H and O–H groups in total. The maximum Gasteiger partial charge on any atom is 0.338 e. The number of aromatic hydroxyl groups is 1. The fraction of sp³-hybridized carbons (Fsp3) is 0.0556. The summed E-state index contributed by atoms with van der Waals surface area (Å²) >= 11 is 0. The Kier molecular flexibility index (Phi) is 3.56. The van der Waals surface area contributed by atoms with E-state index in [1.165, 1.54) is 12.1 Å². The molecule has 0 aliphatic heterocycles. The third kappa shape index (κ3) is 2.87. The van der Waals surface area contributed by atoms with Gasteiger partial charge in [-0.25, -0.2) is 4.79 Å². The Morgan fingerprint density at radius 1 is 0.905 bits per heavy atom. The van der Waals surface area contributed by atoms with Crippen LogP contribution in [0.25, 0.3) is 10.8 Å². The monoisotopic (exact) mass is 278 g/mol. The summed E-state index contributed by atoms with van der Waals surface area (Å²) in [5.41, 5.74) is 1.40. The Morgan fingerprint density at radius 2 is 1.62 bits per heavy atom. The van der Waals surface area contributed by atoms with Gasteiger partial charge < -0.3 is 9.84 Å². The van der Waals surface area contributed by atoms with E-state index in [1.54, 1.807) is 12.1 Å². The molecule has 0 saturated heterocycles. The number of carbonyl (C=O) groups excluding carboxylic acids is 1. The van der Waals surface area contributed by atoms with Crippen LogP contribution in [0.3, 0.4) is 0 Å². The van der Waals surface area contributed by atoms with Gasteiger partial charge >= 0.3 is 5.97 Å². The molecule has 0 bridgehead atoms. The molecule has 0 spiro atoms. The number of phenolic OH excluding ortho intramolecular Hbond substituents is 1. The van der Waals surface area contributed by atoms with Crippen molar-refractivity contribution >= 4 is 16.7 Å². The van der Waals surface area contributed by atoms with E-state index < -0.39 is 5.97 Å². The second-order valence-electron chi connectivity index (χ2n) is 4.76. The number of esters is 1. The van der Waals surface area contributed by atoms with Crippen LogP contribution in [0, 0.1) is 0 Å². The number of carbonyl (C=O) groups is 1. The van der Waals surface area contributed by atoms with E-state index in [4.69, 9.17) is 4.74 Å². The Bertz CT molecular complexity index is 771. The van der Waals surface area contributed by atoms with Crippen molar-refractivity contribution in [2.45, 2.75) is 6.61 Å². The molecule has 0 aliphatic rings. The predicted molar refractivity (Wildman–Crippen MR) is 81.2 cm³/mol. The number of hydrogen-bond acceptors (Lipinski definition) is 3. The number of rotatable bonds is 3. The molecule has 0 atom stereocenters. The molecule has 21 heavy (non-hydrogen) atoms. The third-order valence-electron chi connectivity index (χ3n) is 3.34. The van der Waals surface area contributed by atoms with Crippen LogP contribution < -0.4 is 0 Å². The van der Waals surface area contributed by atoms with Gasteiger partial charge in [0.25, 0.3) is 0 Å². The van der Waals surface area contributed by atoms with Gasteiger partial charge in [-0.2, -0.15) is 0 Å². The highest BCUT2D eigenvalue weighted by molar-refractivity contribution is 5.90. The lowest BCUT2D eigenvalue weighted by molar-refractivity contribution is 0.0474. The Morgan fingerprint density at radius 3 is 2.43 bits per heavy atom. The minimum absolute atomic E-state index is 0.126. The van der Waals surface area contributed by atoms with Gasteiger partial charge in [0.1, 0.15) is 12.4 Å². The zero-order valence-corrected chi connectivity index (χ0v) is 11.3. The van der Waals surface area contributed by atoms with Crippen LogP contribution in [0.5, 0.6) is 5.75 Å². The minimum Gasteiger partial charge on any atom is -0.508 e. The SMILES string of the molecule is O=C(OCc1cccc2ccccc12)c1ccc(O)cc1. The molecular formula is C18H14O3. The first kappa shape index (κ1) is 13.2. The largest absolute Gasteiger partial charge is 0.508 e. The summed E-state index contributed by atoms with van der Waals surface area (Å²) in [6.45, 7) is 0.223. The maximum absolute atomic E-state index is 12.0. The zero-order valence-electron chi connectivity index (χ0n) is 11.3. The smallest absolute Gasteiger partial charge is 0.338 e. The lowest BCUT2D eigenvalue weighted by atomic mass is 10.1. The fourth-order valence-electron chi connectivity index (χ4n) is 2.24. The van der Waals surface area contributed by atoms with Crippen molar-refractivity contribution in [1.82, 2.24) is 0 Å². The van der Waals surface area contributed by atoms with E-state index in [0.717, 1.165) is 16.3 Å². The summed E-state index contributed by atoms with van der Waals surface area (Å²) in [4.78, 5) is 12.0. The van der Waals surface area contributed by atoms with E-state index in [2.05, 4.69) is 0 Å². The van der Waals surface area contributed by atoms with Gasteiger partial charge in [0.2, 0.25) is 0 Å². The van der Waals surface area contributed by atoms with Gasteiger partial charge in [-0.05, 0) is 40.6 Å². The molecule has 0 amide bonds. The highest BCUT2D eigenvalue weighted by Crippen LogP contribution is 2.20. The van der Waals surface area contributed by atoms with Crippen molar-refractivity contribution in [3.05, 3.63) is 77.9 Å². The van der Waals surface area contributed by atoms with Gasteiger partial charge in [-0.1, -0.05) is 42.5 Å². The third-order valence-corrected chi connectivity index (χ3v) is 3.34. The fourth-order valence-corrected chi connectivity index (χ4v) is 2.24. The average molecular weight is 278 g/mol. The molecule has 0 fully saturated rings. The molecule has 104 valence electrons. The predicted octanol–water partition coefficient (Wildman–Crippen LogP) is 3.90. The maximum atomic E-state index is 12.0. The molecular weight excluding hydrogens is 264 g/mol. The minimum atomic E-state index is -0.400. The number of phenols is 1. The normalized spacial score (nSPS) is 10.5. The average Bonchev–Trinajstić information content (AvgIpc) is 2.53. The van der Waals surface area contributed by atoms with Gasteiger partial charge in [0, 0.05) is 0 Å². The van der Waals surface area contributed by atoms with Crippen LogP contribution in [0.4, 0.5) is 0 Å². The zero-order chi connectivity index (χ0) is 14.7. The van der Waals surface area contributed by atoms with E-state index in [1.807, 2.05) is 42.5 Å². The molecule has 3 rings (SSSR count). The summed E-state index contributed by atoms with van der Waals surface area (Å²) < 4.78 is 5.34. The topological polar surface area (TPSA) is 46.5 Å². The molecule has 0 saturated carbocycles. The van der Waals surface area contributed by atoms with Crippen molar-refractivity contribution in [2.75, 3.05) is 0 Å². The number of fused-ring (bicyclic) bond motifs is 1. The summed E-state index contributed by atoms with van der Waals surface area (Å²) in [6.07, 6.45) is 0. The highest BCUT2D eigenvalue weighted by atomic mass is 16.5. The van der Waals surface area contributed by atoms with Crippen molar-refractivity contribution in [2.24, 2.45) is 0 Å². The molecule has 0 aromatic heterocycles. The van der Waals surface area contributed by atoms with Crippen LogP contribution in [0.15, 0.2) is 66.7 Å². The Hall–Kier alpha value is -2.81. The van der Waals surface area contributed by atoms with Crippen LogP contribution >= 0.6 is 0 Å². The second kappa shape index (κ2) is 5.67. The van der Waals surface area contributed by atoms with Gasteiger partial charge in [-0.15, -0.1) is 0 Å². The molecule has 3 nitrogen and oxygen atoms in total. The first-order chi connectivity index (χ1) is 10.2. The van der Waals surface area contributed by atoms with E-state index in [9.17, 15) is 9.90 Å². The van der Waals surface area contributed by atoms with Gasteiger partial charge in [-0.3, -0.25) is 0 Å². The number of benzene rings is 3. The molecule has 0 heterocycles. The Balaban J connectivity index is 1.77. The molecule has 3 heteroatoms. The lowest BCUT2D eigenvalue weighted by Gasteiger charge is -2.08. The van der Waals surface area contributed by atoms with Crippen LogP contribution in [0.1, 0.15) is 15.9 Å². The van der Waals surface area contributed by atoms with E-state index in [0.29, 0.717) is 5.56 Å². The Labute approximate surface area is 122 Å². The van der Waals surface area contributed by atoms with Gasteiger partial charge in [0.05, 0.1) is 5.56 Å². The summed E-state index contributed by atoms with van der Waals surface area (Å²) in [5.74, 6) is -0.275. The van der Waals surface area contributed by atoms with Crippen molar-refractivity contribution in [3.8, 4) is 5.75 Å². The van der Waals surface area contributed by atoms with Crippen molar-refractivity contribution in [1.29, 1.82) is 0 Å². The van der Waals surface area contributed by atoms with E-state index >= 15 is 0 Å². The van der Waals surface area contributed by atoms with Crippen LogP contribution in [-0.4, -0.2) is 11.1 Å². The summed E-state index contributed by atoms with van der Waals surface area (Å²) in [5, 5.41) is 11.4. The summed E-state index contributed by atoms with van der Waals surface area (Å²) in [6, 6.07) is 19.9. The first-order valence-electron chi connectivity index (χ1n) is 6.67. The molecule has 0 aliphatic carbocycles. The summed E-state index contributed by atoms with van der Waals surface area (Å²) in [7, 11) is 0. The first-order valence-corrected chi connectivity index (χ1v) is 6.67. The van der Waals surface area contributed by atoms with Crippen molar-refractivity contribution < 1.29 is 14.6 Å². The highest BCUT2D eigenvalue weighted by Gasteiger charge is 2.08.